The van der Waals surface area contributed by atoms with Crippen LogP contribution in [0, 0.1) is 6.92 Å². The van der Waals surface area contributed by atoms with E-state index >= 15 is 0 Å². The number of alkyl halides is 3. The summed E-state index contributed by atoms with van der Waals surface area (Å²) in [4.78, 5) is 12.0. The Morgan fingerprint density at radius 3 is 2.55 bits per heavy atom. The van der Waals surface area contributed by atoms with Crippen LogP contribution in [0.3, 0.4) is 0 Å². The molecule has 0 saturated heterocycles. The number of anilines is 1. The summed E-state index contributed by atoms with van der Waals surface area (Å²) in [6.45, 7) is 1.89. The summed E-state index contributed by atoms with van der Waals surface area (Å²) in [5.41, 5.74) is 0.396. The van der Waals surface area contributed by atoms with Crippen LogP contribution in [0.25, 0.3) is 0 Å². The maximum atomic E-state index is 12.8. The smallest absolute Gasteiger partial charge is 0.377 e. The van der Waals surface area contributed by atoms with Crippen LogP contribution in [0.4, 0.5) is 18.9 Å². The van der Waals surface area contributed by atoms with Crippen molar-refractivity contribution in [2.45, 2.75) is 19.6 Å². The molecule has 0 amide bonds. The van der Waals surface area contributed by atoms with E-state index in [-0.39, 0.29) is 17.1 Å². The summed E-state index contributed by atoms with van der Waals surface area (Å²) in [7, 11) is 1.63. The molecule has 0 aliphatic rings. The Kier molecular flexibility index (Phi) is 4.51. The van der Waals surface area contributed by atoms with Crippen molar-refractivity contribution in [1.29, 1.82) is 0 Å². The minimum Gasteiger partial charge on any atom is -0.377 e. The largest absolute Gasteiger partial charge is 0.417 e. The first-order valence-electron chi connectivity index (χ1n) is 6.46. The van der Waals surface area contributed by atoms with Crippen LogP contribution in [0.15, 0.2) is 35.1 Å². The number of aromatic nitrogens is 1. The molecule has 0 saturated carbocycles. The molecule has 0 bridgehead atoms. The van der Waals surface area contributed by atoms with Gasteiger partial charge in [-0.1, -0.05) is 17.7 Å². The van der Waals surface area contributed by atoms with Crippen LogP contribution in [-0.4, -0.2) is 4.57 Å². The number of halogens is 4. The van der Waals surface area contributed by atoms with Crippen LogP contribution in [-0.2, 0) is 19.8 Å². The molecule has 0 aliphatic heterocycles. The normalized spacial score (nSPS) is 11.5. The van der Waals surface area contributed by atoms with Gasteiger partial charge < -0.3 is 9.88 Å². The van der Waals surface area contributed by atoms with Gasteiger partial charge in [-0.25, -0.2) is 0 Å². The molecule has 1 heterocycles. The van der Waals surface area contributed by atoms with Gasteiger partial charge in [0, 0.05) is 19.3 Å². The van der Waals surface area contributed by atoms with E-state index in [1.54, 1.807) is 26.1 Å². The lowest BCUT2D eigenvalue weighted by Gasteiger charge is -2.12. The van der Waals surface area contributed by atoms with Gasteiger partial charge in [0.15, 0.2) is 0 Å². The molecule has 118 valence electrons. The number of hydrogen-bond acceptors (Lipinski definition) is 2. The Morgan fingerprint density at radius 2 is 1.91 bits per heavy atom. The molecule has 3 nitrogen and oxygen atoms in total. The highest BCUT2D eigenvalue weighted by Gasteiger charge is 2.33. The molecule has 1 N–H and O–H groups in total. The van der Waals surface area contributed by atoms with Gasteiger partial charge in [-0.15, -0.1) is 0 Å². The van der Waals surface area contributed by atoms with Crippen LogP contribution >= 0.6 is 11.6 Å². The lowest BCUT2D eigenvalue weighted by molar-refractivity contribution is -0.137. The van der Waals surface area contributed by atoms with Crippen LogP contribution in [0.1, 0.15) is 16.8 Å². The molecule has 0 radical (unpaired) electrons. The minimum atomic E-state index is -4.51. The van der Waals surface area contributed by atoms with E-state index in [0.29, 0.717) is 11.3 Å². The molecular formula is C15H14ClF3N2O. The molecule has 22 heavy (non-hydrogen) atoms. The third-order valence-corrected chi connectivity index (χ3v) is 3.70. The van der Waals surface area contributed by atoms with Gasteiger partial charge >= 0.3 is 6.18 Å². The molecule has 0 atom stereocenters. The van der Waals surface area contributed by atoms with Crippen LogP contribution in [0.2, 0.25) is 5.02 Å². The van der Waals surface area contributed by atoms with Gasteiger partial charge in [0.2, 0.25) is 0 Å². The first kappa shape index (κ1) is 16.4. The molecule has 2 aromatic rings. The number of aryl methyl sites for hydroxylation is 1. The summed E-state index contributed by atoms with van der Waals surface area (Å²) in [6.07, 6.45) is -4.51. The predicted molar refractivity (Wildman–Crippen MR) is 80.2 cm³/mol. The Balaban J connectivity index is 2.23. The number of nitrogens with one attached hydrogen (secondary N) is 1. The van der Waals surface area contributed by atoms with Crippen LogP contribution in [0.5, 0.6) is 0 Å². The molecule has 2 rings (SSSR count). The third-order valence-electron chi connectivity index (χ3n) is 3.37. The fourth-order valence-corrected chi connectivity index (χ4v) is 2.18. The van der Waals surface area contributed by atoms with E-state index in [9.17, 15) is 18.0 Å². The van der Waals surface area contributed by atoms with E-state index < -0.39 is 11.7 Å². The van der Waals surface area contributed by atoms with E-state index in [0.717, 1.165) is 11.8 Å². The van der Waals surface area contributed by atoms with E-state index in [1.807, 2.05) is 0 Å². The number of pyridine rings is 1. The lowest BCUT2D eigenvalue weighted by Crippen LogP contribution is -2.22. The zero-order chi connectivity index (χ0) is 16.5. The van der Waals surface area contributed by atoms with Gasteiger partial charge in [0.1, 0.15) is 5.69 Å². The molecule has 1 aromatic heterocycles. The number of benzene rings is 1. The molecule has 0 unspecified atom stereocenters. The lowest BCUT2D eigenvalue weighted by atomic mass is 10.1. The quantitative estimate of drug-likeness (QED) is 0.923. The zero-order valence-electron chi connectivity index (χ0n) is 12.0. The van der Waals surface area contributed by atoms with Crippen molar-refractivity contribution >= 4 is 17.3 Å². The van der Waals surface area contributed by atoms with Crippen molar-refractivity contribution < 1.29 is 13.2 Å². The van der Waals surface area contributed by atoms with Crippen LogP contribution < -0.4 is 10.9 Å². The summed E-state index contributed by atoms with van der Waals surface area (Å²) >= 11 is 5.57. The Labute approximate surface area is 130 Å². The number of nitrogens with zero attached hydrogens (tertiary/aromatic N) is 1. The minimum absolute atomic E-state index is 0.0958. The maximum absolute atomic E-state index is 12.8. The van der Waals surface area contributed by atoms with Gasteiger partial charge in [-0.3, -0.25) is 4.79 Å². The van der Waals surface area contributed by atoms with E-state index in [1.165, 1.54) is 16.7 Å². The standard InChI is InChI=1S/C15H14ClF3N2O/c1-9-3-6-13(14(22)21(9)2)20-8-10-4-5-12(16)11(7-10)15(17,18)19/h3-7,20H,8H2,1-2H3. The molecular weight excluding hydrogens is 317 g/mol. The highest BCUT2D eigenvalue weighted by Crippen LogP contribution is 2.35. The molecule has 1 aromatic carbocycles. The Bertz CT molecular complexity index is 753. The highest BCUT2D eigenvalue weighted by molar-refractivity contribution is 6.31. The topological polar surface area (TPSA) is 34.0 Å². The van der Waals surface area contributed by atoms with Gasteiger partial charge in [0.05, 0.1) is 10.6 Å². The second kappa shape index (κ2) is 6.04. The van der Waals surface area contributed by atoms with Crippen molar-refractivity contribution in [1.82, 2.24) is 4.57 Å². The molecule has 0 aliphatic carbocycles. The molecule has 0 spiro atoms. The second-order valence-electron chi connectivity index (χ2n) is 4.92. The SMILES string of the molecule is Cc1ccc(NCc2ccc(Cl)c(C(F)(F)F)c2)c(=O)n1C. The van der Waals surface area contributed by atoms with E-state index in [4.69, 9.17) is 11.6 Å². The van der Waals surface area contributed by atoms with Gasteiger partial charge in [-0.2, -0.15) is 13.2 Å². The first-order chi connectivity index (χ1) is 10.2. The summed E-state index contributed by atoms with van der Waals surface area (Å²) in [5.74, 6) is 0. The molecule has 0 fully saturated rings. The van der Waals surface area contributed by atoms with Gasteiger partial charge in [-0.05, 0) is 36.8 Å². The third kappa shape index (κ3) is 3.44. The number of hydrogen-bond donors (Lipinski definition) is 1. The Hall–Kier alpha value is -1.95. The first-order valence-corrected chi connectivity index (χ1v) is 6.84. The zero-order valence-corrected chi connectivity index (χ0v) is 12.7. The number of rotatable bonds is 3. The fourth-order valence-electron chi connectivity index (χ4n) is 1.96. The van der Waals surface area contributed by atoms with Crippen molar-refractivity contribution in [3.8, 4) is 0 Å². The van der Waals surface area contributed by atoms with Crippen molar-refractivity contribution in [3.63, 3.8) is 0 Å². The summed E-state index contributed by atoms with van der Waals surface area (Å²) in [6, 6.07) is 7.04. The molecule has 7 heteroatoms. The maximum Gasteiger partial charge on any atom is 0.417 e. The summed E-state index contributed by atoms with van der Waals surface area (Å²) in [5, 5.41) is 2.51. The highest BCUT2D eigenvalue weighted by atomic mass is 35.5. The summed E-state index contributed by atoms with van der Waals surface area (Å²) < 4.78 is 39.8. The second-order valence-corrected chi connectivity index (χ2v) is 5.33. The van der Waals surface area contributed by atoms with Crippen molar-refractivity contribution in [2.24, 2.45) is 7.05 Å². The monoisotopic (exact) mass is 330 g/mol. The average molecular weight is 331 g/mol. The fraction of sp³-hybridized carbons (Fsp3) is 0.267. The Morgan fingerprint density at radius 1 is 1.23 bits per heavy atom. The van der Waals surface area contributed by atoms with Gasteiger partial charge in [0.25, 0.3) is 5.56 Å². The predicted octanol–water partition coefficient (Wildman–Crippen LogP) is 3.98. The average Bonchev–Trinajstić information content (AvgIpc) is 2.44. The van der Waals surface area contributed by atoms with Crippen molar-refractivity contribution in [3.05, 3.63) is 62.5 Å². The van der Waals surface area contributed by atoms with Crippen molar-refractivity contribution in [2.75, 3.05) is 5.32 Å². The van der Waals surface area contributed by atoms with E-state index in [2.05, 4.69) is 5.32 Å².